The molecule has 106 valence electrons. The number of aromatic nitrogens is 2. The molecule has 8 nitrogen and oxygen atoms in total. The summed E-state index contributed by atoms with van der Waals surface area (Å²) < 4.78 is 6.75. The molecule has 0 aromatic carbocycles. The number of rotatable bonds is 3. The predicted molar refractivity (Wildman–Crippen MR) is 62.0 cm³/mol. The van der Waals surface area contributed by atoms with E-state index in [2.05, 4.69) is 0 Å². The summed E-state index contributed by atoms with van der Waals surface area (Å²) in [5, 5.41) is 39.9. The molecule has 1 aromatic heterocycles. The number of ether oxygens (including phenoxy) is 1. The first-order valence-electron chi connectivity index (χ1n) is 5.96. The van der Waals surface area contributed by atoms with Gasteiger partial charge in [-0.25, -0.2) is 0 Å². The zero-order valence-electron chi connectivity index (χ0n) is 10.3. The van der Waals surface area contributed by atoms with E-state index >= 15 is 0 Å². The molecule has 1 aliphatic rings. The van der Waals surface area contributed by atoms with Crippen molar-refractivity contribution >= 4 is 0 Å². The van der Waals surface area contributed by atoms with Crippen molar-refractivity contribution in [3.8, 4) is 0 Å². The Hall–Kier alpha value is -1.48. The van der Waals surface area contributed by atoms with Gasteiger partial charge in [-0.15, -0.1) is 0 Å². The molecular weight excluding hydrogens is 256 g/mol. The lowest BCUT2D eigenvalue weighted by Gasteiger charge is -2.17. The molecule has 1 aliphatic heterocycles. The van der Waals surface area contributed by atoms with Gasteiger partial charge in [0.05, 0.1) is 12.8 Å². The molecule has 2 heterocycles. The Morgan fingerprint density at radius 3 is 2.68 bits per heavy atom. The molecule has 1 aromatic rings. The van der Waals surface area contributed by atoms with Crippen LogP contribution in [0.3, 0.4) is 0 Å². The van der Waals surface area contributed by atoms with E-state index < -0.39 is 36.7 Å². The fourth-order valence-electron chi connectivity index (χ4n) is 2.09. The number of aliphatic hydroxyl groups excluding tert-OH is 3. The van der Waals surface area contributed by atoms with E-state index in [1.54, 1.807) is 6.92 Å². The van der Waals surface area contributed by atoms with Crippen LogP contribution in [0.5, 0.6) is 0 Å². The van der Waals surface area contributed by atoms with Crippen LogP contribution in [0.15, 0.2) is 17.2 Å². The Morgan fingerprint density at radius 1 is 1.47 bits per heavy atom. The van der Waals surface area contributed by atoms with Crippen LogP contribution in [0, 0.1) is 5.21 Å². The summed E-state index contributed by atoms with van der Waals surface area (Å²) in [5.41, 5.74) is -0.320. The zero-order valence-corrected chi connectivity index (χ0v) is 10.3. The largest absolute Gasteiger partial charge is 0.618 e. The van der Waals surface area contributed by atoms with Crippen molar-refractivity contribution in [2.24, 2.45) is 0 Å². The molecule has 2 rings (SSSR count). The molecule has 0 aliphatic carbocycles. The van der Waals surface area contributed by atoms with Gasteiger partial charge >= 0.3 is 5.56 Å². The lowest BCUT2D eigenvalue weighted by atomic mass is 10.1. The average molecular weight is 272 g/mol. The highest BCUT2D eigenvalue weighted by Crippen LogP contribution is 2.27. The number of nitrogens with zero attached hydrogens (tertiary/aromatic N) is 2. The normalized spacial score (nSPS) is 30.7. The van der Waals surface area contributed by atoms with E-state index in [1.165, 1.54) is 6.20 Å². The molecule has 0 spiro atoms. The van der Waals surface area contributed by atoms with E-state index in [0.29, 0.717) is 16.8 Å². The third-order valence-corrected chi connectivity index (χ3v) is 3.21. The molecule has 0 saturated carbocycles. The lowest BCUT2D eigenvalue weighted by molar-refractivity contribution is -0.615. The van der Waals surface area contributed by atoms with Gasteiger partial charge in [-0.3, -0.25) is 9.36 Å². The molecule has 8 heteroatoms. The number of aliphatic hydroxyl groups is 3. The first kappa shape index (κ1) is 13.9. The van der Waals surface area contributed by atoms with Crippen LogP contribution in [-0.4, -0.2) is 44.8 Å². The van der Waals surface area contributed by atoms with Gasteiger partial charge in [-0.2, -0.15) is 4.73 Å². The third-order valence-electron chi connectivity index (χ3n) is 3.21. The molecule has 0 radical (unpaired) electrons. The first-order valence-corrected chi connectivity index (χ1v) is 5.96. The maximum Gasteiger partial charge on any atom is 0.318 e. The van der Waals surface area contributed by atoms with Crippen LogP contribution in [-0.2, 0) is 11.2 Å². The summed E-state index contributed by atoms with van der Waals surface area (Å²) in [6, 6.07) is 0. The van der Waals surface area contributed by atoms with Crippen molar-refractivity contribution in [3.05, 3.63) is 33.6 Å². The van der Waals surface area contributed by atoms with Gasteiger partial charge in [0, 0.05) is 6.42 Å². The van der Waals surface area contributed by atoms with Crippen molar-refractivity contribution in [1.82, 2.24) is 4.57 Å². The van der Waals surface area contributed by atoms with Crippen LogP contribution in [0.25, 0.3) is 0 Å². The van der Waals surface area contributed by atoms with E-state index in [9.17, 15) is 20.2 Å². The minimum Gasteiger partial charge on any atom is -0.618 e. The minimum absolute atomic E-state index is 0.331. The molecule has 3 N–H and O–H groups in total. The quantitative estimate of drug-likeness (QED) is 0.419. The molecule has 4 atom stereocenters. The topological polar surface area (TPSA) is 119 Å². The Balaban J connectivity index is 2.40. The molecule has 1 fully saturated rings. The summed E-state index contributed by atoms with van der Waals surface area (Å²) in [5.74, 6) is 0. The van der Waals surface area contributed by atoms with E-state index in [-0.39, 0.29) is 0 Å². The highest BCUT2D eigenvalue weighted by molar-refractivity contribution is 4.96. The molecular formula is C11H16N2O6. The Morgan fingerprint density at radius 2 is 2.16 bits per heavy atom. The molecule has 19 heavy (non-hydrogen) atoms. The number of hydrogen-bond acceptors (Lipinski definition) is 6. The second-order valence-electron chi connectivity index (χ2n) is 4.40. The van der Waals surface area contributed by atoms with Crippen molar-refractivity contribution in [2.45, 2.75) is 37.9 Å². The van der Waals surface area contributed by atoms with Crippen molar-refractivity contribution in [1.29, 1.82) is 0 Å². The molecule has 0 bridgehead atoms. The highest BCUT2D eigenvalue weighted by atomic mass is 16.6. The van der Waals surface area contributed by atoms with Gasteiger partial charge < -0.3 is 25.3 Å². The highest BCUT2D eigenvalue weighted by Gasteiger charge is 2.44. The third kappa shape index (κ3) is 2.35. The molecule has 0 unspecified atom stereocenters. The van der Waals surface area contributed by atoms with E-state index in [0.717, 1.165) is 10.8 Å². The summed E-state index contributed by atoms with van der Waals surface area (Å²) in [7, 11) is 0. The smallest absolute Gasteiger partial charge is 0.318 e. The monoisotopic (exact) mass is 272 g/mol. The zero-order chi connectivity index (χ0) is 14.2. The van der Waals surface area contributed by atoms with Crippen molar-refractivity contribution in [2.75, 3.05) is 6.61 Å². The Labute approximate surface area is 108 Å². The fraction of sp³-hybridized carbons (Fsp3) is 0.636. The predicted octanol–water partition coefficient (Wildman–Crippen LogP) is -2.34. The lowest BCUT2D eigenvalue weighted by Crippen LogP contribution is -2.42. The van der Waals surface area contributed by atoms with Crippen LogP contribution in [0.4, 0.5) is 0 Å². The van der Waals surface area contributed by atoms with E-state index in [4.69, 9.17) is 9.84 Å². The van der Waals surface area contributed by atoms with Crippen LogP contribution < -0.4 is 10.3 Å². The second kappa shape index (κ2) is 5.25. The van der Waals surface area contributed by atoms with Crippen LogP contribution >= 0.6 is 0 Å². The number of aryl methyl sites for hydroxylation is 1. The summed E-state index contributed by atoms with van der Waals surface area (Å²) in [4.78, 5) is 11.7. The summed E-state index contributed by atoms with van der Waals surface area (Å²) in [6.07, 6.45) is -2.18. The number of hydrogen-bond donors (Lipinski definition) is 3. The average Bonchev–Trinajstić information content (AvgIpc) is 2.67. The van der Waals surface area contributed by atoms with Gasteiger partial charge in [0.15, 0.2) is 6.23 Å². The minimum atomic E-state index is -1.35. The van der Waals surface area contributed by atoms with E-state index in [1.807, 2.05) is 0 Å². The second-order valence-corrected chi connectivity index (χ2v) is 4.40. The van der Waals surface area contributed by atoms with Crippen LogP contribution in [0.2, 0.25) is 0 Å². The fourth-order valence-corrected chi connectivity index (χ4v) is 2.09. The molecule has 0 amide bonds. The summed E-state index contributed by atoms with van der Waals surface area (Å²) >= 11 is 0. The van der Waals surface area contributed by atoms with Crippen molar-refractivity contribution < 1.29 is 24.8 Å². The van der Waals surface area contributed by atoms with Gasteiger partial charge in [-0.1, -0.05) is 6.92 Å². The Bertz CT molecular complexity index is 516. The van der Waals surface area contributed by atoms with Gasteiger partial charge in [0.2, 0.25) is 11.9 Å². The van der Waals surface area contributed by atoms with Crippen molar-refractivity contribution in [3.63, 3.8) is 0 Å². The van der Waals surface area contributed by atoms with Gasteiger partial charge in [-0.05, 0) is 0 Å². The molecule has 1 saturated heterocycles. The van der Waals surface area contributed by atoms with Crippen LogP contribution in [0.1, 0.15) is 18.8 Å². The standard InChI is InChI=1S/C11H16N2O6/c1-2-6-3-12(8(15)4-13(6)18)11-10(17)9(16)7(5-14)19-11/h3-4,7,9-11,14,16-17H,2,5H2,1H3/t7-,9-,10-,11+/m1/s1. The summed E-state index contributed by atoms with van der Waals surface area (Å²) in [6.45, 7) is 1.27. The van der Waals surface area contributed by atoms with Gasteiger partial charge in [0.1, 0.15) is 18.3 Å². The van der Waals surface area contributed by atoms with Gasteiger partial charge in [0.25, 0.3) is 0 Å². The SMILES string of the molecule is CCc1cn([C@H]2O[C@H](CO)[C@@H](O)[C@H]2O)c(=O)c[n+]1[O-]. The maximum atomic E-state index is 11.7. The maximum absolute atomic E-state index is 11.7. The Kier molecular flexibility index (Phi) is 3.85. The first-order chi connectivity index (χ1) is 8.99.